The molecule has 2 heterocycles. The van der Waals surface area contributed by atoms with Gasteiger partial charge in [0.1, 0.15) is 0 Å². The smallest absolute Gasteiger partial charge is 0.233 e. The fraction of sp³-hybridized carbons (Fsp3) is 0.368. The van der Waals surface area contributed by atoms with Crippen molar-refractivity contribution in [2.45, 2.75) is 25.7 Å². The first kappa shape index (κ1) is 14.2. The van der Waals surface area contributed by atoms with Gasteiger partial charge in [0, 0.05) is 23.6 Å². The van der Waals surface area contributed by atoms with E-state index in [4.69, 9.17) is 0 Å². The second-order valence-electron chi connectivity index (χ2n) is 6.45. The summed E-state index contributed by atoms with van der Waals surface area (Å²) in [5.41, 5.74) is 2.38. The van der Waals surface area contributed by atoms with E-state index in [9.17, 15) is 9.59 Å². The highest BCUT2D eigenvalue weighted by Gasteiger charge is 2.46. The molecule has 1 aromatic heterocycles. The summed E-state index contributed by atoms with van der Waals surface area (Å²) in [4.78, 5) is 29.6. The number of fused-ring (bicyclic) bond motifs is 2. The van der Waals surface area contributed by atoms with Crippen molar-refractivity contribution >= 4 is 22.7 Å². The first-order chi connectivity index (χ1) is 11.3. The third-order valence-electron chi connectivity index (χ3n) is 5.10. The Morgan fingerprint density at radius 1 is 1.04 bits per heavy atom. The van der Waals surface area contributed by atoms with Gasteiger partial charge in [0.2, 0.25) is 11.8 Å². The third-order valence-corrected chi connectivity index (χ3v) is 5.10. The van der Waals surface area contributed by atoms with Crippen molar-refractivity contribution < 1.29 is 9.59 Å². The van der Waals surface area contributed by atoms with Gasteiger partial charge in [-0.3, -0.25) is 14.5 Å². The van der Waals surface area contributed by atoms with Gasteiger partial charge in [-0.25, -0.2) is 0 Å². The molecule has 0 radical (unpaired) electrons. The van der Waals surface area contributed by atoms with Crippen LogP contribution in [-0.4, -0.2) is 28.2 Å². The molecule has 2 aromatic rings. The maximum atomic E-state index is 12.4. The van der Waals surface area contributed by atoms with E-state index >= 15 is 0 Å². The number of amides is 2. The predicted molar refractivity (Wildman–Crippen MR) is 88.7 cm³/mol. The van der Waals surface area contributed by atoms with E-state index in [1.807, 2.05) is 30.5 Å². The molecule has 4 rings (SSSR count). The number of carbonyl (C=O) groups excluding carboxylic acids is 2. The Bertz CT molecular complexity index is 764. The number of nitrogens with one attached hydrogen (secondary N) is 1. The lowest BCUT2D eigenvalue weighted by atomic mass is 9.85. The Balaban J connectivity index is 1.42. The minimum absolute atomic E-state index is 0.0308. The normalized spacial score (nSPS) is 23.7. The standard InChI is InChI=1S/C19H20N2O2/c22-18-15-8-1-2-9-16(15)19(23)21(18)11-5-6-13-12-20-17-10-4-3-7-14(13)17/h1-4,7,10,12,15-16,20H,5-6,8-9,11H2/t15-,16+. The van der Waals surface area contributed by atoms with Crippen molar-refractivity contribution in [2.24, 2.45) is 11.8 Å². The number of imide groups is 1. The Hall–Kier alpha value is -2.36. The molecule has 4 nitrogen and oxygen atoms in total. The summed E-state index contributed by atoms with van der Waals surface area (Å²) < 4.78 is 0. The number of para-hydroxylation sites is 1. The molecular weight excluding hydrogens is 288 g/mol. The molecule has 2 amide bonds. The maximum Gasteiger partial charge on any atom is 0.233 e. The van der Waals surface area contributed by atoms with Gasteiger partial charge in [-0.2, -0.15) is 0 Å². The van der Waals surface area contributed by atoms with Crippen molar-refractivity contribution in [1.82, 2.24) is 9.88 Å². The summed E-state index contributed by atoms with van der Waals surface area (Å²) >= 11 is 0. The van der Waals surface area contributed by atoms with Gasteiger partial charge >= 0.3 is 0 Å². The van der Waals surface area contributed by atoms with Crippen molar-refractivity contribution in [3.05, 3.63) is 48.2 Å². The molecule has 2 aliphatic rings. The van der Waals surface area contributed by atoms with E-state index in [1.54, 1.807) is 0 Å². The lowest BCUT2D eigenvalue weighted by Gasteiger charge is -2.14. The summed E-state index contributed by atoms with van der Waals surface area (Å²) in [5.74, 6) is -0.160. The van der Waals surface area contributed by atoms with E-state index in [1.165, 1.54) is 15.8 Å². The molecule has 1 fully saturated rings. The van der Waals surface area contributed by atoms with Crippen LogP contribution in [0.15, 0.2) is 42.6 Å². The van der Waals surface area contributed by atoms with E-state index in [0.29, 0.717) is 19.4 Å². The molecule has 0 bridgehead atoms. The monoisotopic (exact) mass is 308 g/mol. The topological polar surface area (TPSA) is 53.2 Å². The molecule has 118 valence electrons. The first-order valence-electron chi connectivity index (χ1n) is 8.31. The van der Waals surface area contributed by atoms with Crippen LogP contribution in [0.2, 0.25) is 0 Å². The summed E-state index contributed by atoms with van der Waals surface area (Å²) in [6.45, 7) is 0.532. The van der Waals surface area contributed by atoms with E-state index in [0.717, 1.165) is 18.4 Å². The van der Waals surface area contributed by atoms with Crippen molar-refractivity contribution in [3.63, 3.8) is 0 Å². The number of allylic oxidation sites excluding steroid dienone is 2. The number of nitrogens with zero attached hydrogens (tertiary/aromatic N) is 1. The molecule has 1 aliphatic carbocycles. The zero-order valence-corrected chi connectivity index (χ0v) is 13.0. The minimum Gasteiger partial charge on any atom is -0.361 e. The number of benzene rings is 1. The zero-order chi connectivity index (χ0) is 15.8. The van der Waals surface area contributed by atoms with Crippen LogP contribution < -0.4 is 0 Å². The number of H-pyrrole nitrogens is 1. The first-order valence-corrected chi connectivity index (χ1v) is 8.31. The van der Waals surface area contributed by atoms with Crippen LogP contribution in [0.1, 0.15) is 24.8 Å². The highest BCUT2D eigenvalue weighted by Crippen LogP contribution is 2.35. The molecule has 1 saturated heterocycles. The van der Waals surface area contributed by atoms with Gasteiger partial charge in [-0.15, -0.1) is 0 Å². The van der Waals surface area contributed by atoms with Crippen LogP contribution in [-0.2, 0) is 16.0 Å². The summed E-state index contributed by atoms with van der Waals surface area (Å²) in [7, 11) is 0. The van der Waals surface area contributed by atoms with Crippen LogP contribution in [0.25, 0.3) is 10.9 Å². The molecule has 23 heavy (non-hydrogen) atoms. The predicted octanol–water partition coefficient (Wildman–Crippen LogP) is 3.05. The fourth-order valence-corrected chi connectivity index (χ4v) is 3.86. The lowest BCUT2D eigenvalue weighted by Crippen LogP contribution is -2.32. The number of hydrogen-bond acceptors (Lipinski definition) is 2. The number of aromatic amines is 1. The molecule has 0 unspecified atom stereocenters. The number of carbonyl (C=O) groups is 2. The summed E-state index contributed by atoms with van der Waals surface area (Å²) in [5, 5.41) is 1.23. The van der Waals surface area contributed by atoms with Crippen LogP contribution in [0.3, 0.4) is 0 Å². The van der Waals surface area contributed by atoms with Gasteiger partial charge in [-0.05, 0) is 37.3 Å². The molecule has 1 N–H and O–H groups in total. The Labute approximate surface area is 135 Å². The van der Waals surface area contributed by atoms with Gasteiger partial charge in [-0.1, -0.05) is 30.4 Å². The van der Waals surface area contributed by atoms with E-state index in [-0.39, 0.29) is 23.7 Å². The quantitative estimate of drug-likeness (QED) is 0.697. The van der Waals surface area contributed by atoms with Crippen molar-refractivity contribution in [1.29, 1.82) is 0 Å². The second-order valence-corrected chi connectivity index (χ2v) is 6.45. The fourth-order valence-electron chi connectivity index (χ4n) is 3.86. The number of hydrogen-bond donors (Lipinski definition) is 1. The van der Waals surface area contributed by atoms with Gasteiger partial charge in [0.25, 0.3) is 0 Å². The molecule has 4 heteroatoms. The van der Waals surface area contributed by atoms with E-state index < -0.39 is 0 Å². The molecular formula is C19H20N2O2. The van der Waals surface area contributed by atoms with Gasteiger partial charge < -0.3 is 4.98 Å². The number of aromatic nitrogens is 1. The Kier molecular flexibility index (Phi) is 3.52. The third kappa shape index (κ3) is 2.38. The van der Waals surface area contributed by atoms with Crippen molar-refractivity contribution in [3.8, 4) is 0 Å². The molecule has 2 atom stereocenters. The number of likely N-dealkylation sites (tertiary alicyclic amines) is 1. The largest absolute Gasteiger partial charge is 0.361 e. The van der Waals surface area contributed by atoms with Gasteiger partial charge in [0.15, 0.2) is 0 Å². The van der Waals surface area contributed by atoms with Gasteiger partial charge in [0.05, 0.1) is 11.8 Å². The second kappa shape index (κ2) is 5.69. The molecule has 1 aliphatic heterocycles. The Morgan fingerprint density at radius 2 is 1.74 bits per heavy atom. The molecule has 1 aromatic carbocycles. The highest BCUT2D eigenvalue weighted by molar-refractivity contribution is 6.05. The summed E-state index contributed by atoms with van der Waals surface area (Å²) in [6.07, 6.45) is 9.20. The average molecular weight is 308 g/mol. The van der Waals surface area contributed by atoms with Crippen molar-refractivity contribution in [2.75, 3.05) is 6.54 Å². The molecule has 0 spiro atoms. The van der Waals surface area contributed by atoms with E-state index in [2.05, 4.69) is 17.1 Å². The SMILES string of the molecule is O=C1[C@H]2CC=CC[C@H]2C(=O)N1CCCc1c[nH]c2ccccc12. The highest BCUT2D eigenvalue weighted by atomic mass is 16.2. The average Bonchev–Trinajstić information content (AvgIpc) is 3.10. The van der Waals surface area contributed by atoms with Crippen LogP contribution in [0.5, 0.6) is 0 Å². The number of aryl methyl sites for hydroxylation is 1. The lowest BCUT2D eigenvalue weighted by molar-refractivity contribution is -0.139. The van der Waals surface area contributed by atoms with Crippen LogP contribution in [0.4, 0.5) is 0 Å². The maximum absolute atomic E-state index is 12.4. The van der Waals surface area contributed by atoms with Crippen LogP contribution >= 0.6 is 0 Å². The minimum atomic E-state index is -0.111. The Morgan fingerprint density at radius 3 is 2.48 bits per heavy atom. The van der Waals surface area contributed by atoms with Crippen LogP contribution in [0, 0.1) is 11.8 Å². The zero-order valence-electron chi connectivity index (χ0n) is 13.0. The molecule has 0 saturated carbocycles. The summed E-state index contributed by atoms with van der Waals surface area (Å²) in [6, 6.07) is 8.21. The number of rotatable bonds is 4.